The number of piperidine rings is 1. The average molecular weight is 288 g/mol. The zero-order valence-electron chi connectivity index (χ0n) is 13.0. The van der Waals surface area contributed by atoms with Crippen molar-refractivity contribution < 1.29 is 0 Å². The van der Waals surface area contributed by atoms with E-state index in [1.165, 1.54) is 57.8 Å². The fourth-order valence-corrected chi connectivity index (χ4v) is 3.66. The molecule has 1 saturated carbocycles. The predicted molar refractivity (Wildman–Crippen MR) is 86.5 cm³/mol. The summed E-state index contributed by atoms with van der Waals surface area (Å²) in [6.07, 6.45) is 16.0. The van der Waals surface area contributed by atoms with Crippen LogP contribution in [0.1, 0.15) is 57.8 Å². The van der Waals surface area contributed by atoms with Crippen LogP contribution in [0.4, 0.5) is 5.95 Å². The van der Waals surface area contributed by atoms with Gasteiger partial charge in [0.15, 0.2) is 0 Å². The van der Waals surface area contributed by atoms with E-state index < -0.39 is 0 Å². The number of hydrogen-bond acceptors (Lipinski definition) is 4. The lowest BCUT2D eigenvalue weighted by Crippen LogP contribution is -2.46. The molecule has 0 amide bonds. The van der Waals surface area contributed by atoms with Crippen molar-refractivity contribution in [3.05, 3.63) is 18.5 Å². The van der Waals surface area contributed by atoms with E-state index in [1.54, 1.807) is 0 Å². The molecular weight excluding hydrogens is 260 g/mol. The molecule has 0 aromatic carbocycles. The van der Waals surface area contributed by atoms with Crippen molar-refractivity contribution in [3.63, 3.8) is 0 Å². The van der Waals surface area contributed by atoms with Crippen molar-refractivity contribution >= 4 is 5.95 Å². The van der Waals surface area contributed by atoms with Gasteiger partial charge in [-0.05, 0) is 31.7 Å². The quantitative estimate of drug-likeness (QED) is 0.927. The van der Waals surface area contributed by atoms with Crippen LogP contribution < -0.4 is 10.2 Å². The number of anilines is 1. The zero-order chi connectivity index (χ0) is 14.3. The maximum atomic E-state index is 4.36. The minimum Gasteiger partial charge on any atom is -0.341 e. The first-order chi connectivity index (χ1) is 10.4. The van der Waals surface area contributed by atoms with Crippen LogP contribution in [0.15, 0.2) is 18.5 Å². The Morgan fingerprint density at radius 2 is 1.38 bits per heavy atom. The number of nitrogens with one attached hydrogen (secondary N) is 1. The lowest BCUT2D eigenvalue weighted by atomic mass is 9.95. The molecule has 1 aliphatic carbocycles. The average Bonchev–Trinajstić information content (AvgIpc) is 2.51. The fourth-order valence-electron chi connectivity index (χ4n) is 3.66. The van der Waals surface area contributed by atoms with E-state index in [-0.39, 0.29) is 0 Å². The minimum absolute atomic E-state index is 0.689. The van der Waals surface area contributed by atoms with Gasteiger partial charge in [-0.25, -0.2) is 9.97 Å². The molecular formula is C17H28N4. The molecule has 21 heavy (non-hydrogen) atoms. The molecule has 0 radical (unpaired) electrons. The van der Waals surface area contributed by atoms with E-state index >= 15 is 0 Å². The Morgan fingerprint density at radius 1 is 0.810 bits per heavy atom. The smallest absolute Gasteiger partial charge is 0.225 e. The van der Waals surface area contributed by atoms with Crippen molar-refractivity contribution in [2.75, 3.05) is 18.0 Å². The van der Waals surface area contributed by atoms with Crippen molar-refractivity contribution in [2.45, 2.75) is 69.9 Å². The third-order valence-corrected chi connectivity index (χ3v) is 4.91. The minimum atomic E-state index is 0.689. The third kappa shape index (κ3) is 4.40. The van der Waals surface area contributed by atoms with E-state index in [1.807, 2.05) is 18.5 Å². The summed E-state index contributed by atoms with van der Waals surface area (Å²) in [6.45, 7) is 2.16. The summed E-state index contributed by atoms with van der Waals surface area (Å²) < 4.78 is 0. The molecule has 4 nitrogen and oxygen atoms in total. The second kappa shape index (κ2) is 7.74. The second-order valence-corrected chi connectivity index (χ2v) is 6.52. The topological polar surface area (TPSA) is 41.1 Å². The summed E-state index contributed by atoms with van der Waals surface area (Å²) in [7, 11) is 0. The highest BCUT2D eigenvalue weighted by Gasteiger charge is 2.23. The number of aromatic nitrogens is 2. The van der Waals surface area contributed by atoms with Gasteiger partial charge in [-0.3, -0.25) is 0 Å². The largest absolute Gasteiger partial charge is 0.341 e. The maximum Gasteiger partial charge on any atom is 0.225 e. The van der Waals surface area contributed by atoms with Gasteiger partial charge in [0.2, 0.25) is 5.95 Å². The molecule has 4 heteroatoms. The third-order valence-electron chi connectivity index (χ3n) is 4.91. The van der Waals surface area contributed by atoms with Gasteiger partial charge in [0.25, 0.3) is 0 Å². The first-order valence-electron chi connectivity index (χ1n) is 8.70. The first-order valence-corrected chi connectivity index (χ1v) is 8.70. The van der Waals surface area contributed by atoms with E-state index in [2.05, 4.69) is 20.2 Å². The summed E-state index contributed by atoms with van der Waals surface area (Å²) in [5.41, 5.74) is 0. The highest BCUT2D eigenvalue weighted by Crippen LogP contribution is 2.20. The maximum absolute atomic E-state index is 4.36. The Kier molecular flexibility index (Phi) is 5.44. The molecule has 1 aromatic heterocycles. The van der Waals surface area contributed by atoms with Gasteiger partial charge in [0.05, 0.1) is 0 Å². The molecule has 0 unspecified atom stereocenters. The summed E-state index contributed by atoms with van der Waals surface area (Å²) in [4.78, 5) is 11.0. The van der Waals surface area contributed by atoms with Gasteiger partial charge < -0.3 is 10.2 Å². The van der Waals surface area contributed by atoms with Crippen LogP contribution >= 0.6 is 0 Å². The Morgan fingerprint density at radius 3 is 2.05 bits per heavy atom. The normalized spacial score (nSPS) is 22.8. The molecule has 2 heterocycles. The molecule has 1 saturated heterocycles. The van der Waals surface area contributed by atoms with Crippen LogP contribution in [0.25, 0.3) is 0 Å². The van der Waals surface area contributed by atoms with E-state index in [0.29, 0.717) is 6.04 Å². The van der Waals surface area contributed by atoms with Gasteiger partial charge in [-0.2, -0.15) is 0 Å². The van der Waals surface area contributed by atoms with Crippen molar-refractivity contribution in [3.8, 4) is 0 Å². The van der Waals surface area contributed by atoms with Crippen molar-refractivity contribution in [1.82, 2.24) is 15.3 Å². The monoisotopic (exact) mass is 288 g/mol. The van der Waals surface area contributed by atoms with Gasteiger partial charge >= 0.3 is 0 Å². The lowest BCUT2D eigenvalue weighted by Gasteiger charge is -2.35. The molecule has 1 aromatic rings. The molecule has 1 N–H and O–H groups in total. The Balaban J connectivity index is 1.45. The SMILES string of the molecule is c1cnc(N2CCC(NC3CCCCCCC3)CC2)nc1. The summed E-state index contributed by atoms with van der Waals surface area (Å²) >= 11 is 0. The van der Waals surface area contributed by atoms with Gasteiger partial charge in [-0.1, -0.05) is 32.1 Å². The van der Waals surface area contributed by atoms with Gasteiger partial charge in [0, 0.05) is 37.6 Å². The molecule has 116 valence electrons. The van der Waals surface area contributed by atoms with Crippen LogP contribution in [0.2, 0.25) is 0 Å². The highest BCUT2D eigenvalue weighted by atomic mass is 15.3. The highest BCUT2D eigenvalue weighted by molar-refractivity contribution is 5.29. The predicted octanol–water partition coefficient (Wildman–Crippen LogP) is 3.15. The number of nitrogens with zero attached hydrogens (tertiary/aromatic N) is 3. The van der Waals surface area contributed by atoms with E-state index in [4.69, 9.17) is 0 Å². The standard InChI is InChI=1S/C17H28N4/c1-2-4-7-15(8-5-3-1)20-16-9-13-21(14-10-16)17-18-11-6-12-19-17/h6,11-12,15-16,20H,1-5,7-10,13-14H2. The van der Waals surface area contributed by atoms with E-state index in [0.717, 1.165) is 25.1 Å². The molecule has 0 spiro atoms. The van der Waals surface area contributed by atoms with Gasteiger partial charge in [0.1, 0.15) is 0 Å². The van der Waals surface area contributed by atoms with Crippen LogP contribution in [0.5, 0.6) is 0 Å². The summed E-state index contributed by atoms with van der Waals surface area (Å²) in [5.74, 6) is 0.891. The molecule has 1 aliphatic heterocycles. The lowest BCUT2D eigenvalue weighted by molar-refractivity contribution is 0.318. The van der Waals surface area contributed by atoms with Crippen molar-refractivity contribution in [2.24, 2.45) is 0 Å². The zero-order valence-corrected chi connectivity index (χ0v) is 13.0. The Bertz CT molecular complexity index is 393. The van der Waals surface area contributed by atoms with Crippen LogP contribution in [-0.2, 0) is 0 Å². The van der Waals surface area contributed by atoms with E-state index in [9.17, 15) is 0 Å². The second-order valence-electron chi connectivity index (χ2n) is 6.52. The molecule has 0 atom stereocenters. The van der Waals surface area contributed by atoms with Crippen LogP contribution in [0.3, 0.4) is 0 Å². The van der Waals surface area contributed by atoms with Crippen molar-refractivity contribution in [1.29, 1.82) is 0 Å². The van der Waals surface area contributed by atoms with Gasteiger partial charge in [-0.15, -0.1) is 0 Å². The fraction of sp³-hybridized carbons (Fsp3) is 0.765. The van der Waals surface area contributed by atoms with Crippen LogP contribution in [-0.4, -0.2) is 35.1 Å². The molecule has 2 fully saturated rings. The molecule has 0 bridgehead atoms. The Hall–Kier alpha value is -1.16. The number of hydrogen-bond donors (Lipinski definition) is 1. The molecule has 3 rings (SSSR count). The summed E-state index contributed by atoms with van der Waals surface area (Å²) in [6, 6.07) is 3.33. The summed E-state index contributed by atoms with van der Waals surface area (Å²) in [5, 5.41) is 3.93. The number of rotatable bonds is 3. The Labute approximate surface area is 128 Å². The van der Waals surface area contributed by atoms with Crippen LogP contribution in [0, 0.1) is 0 Å². The molecule has 2 aliphatic rings. The first kappa shape index (κ1) is 14.8.